The van der Waals surface area contributed by atoms with Gasteiger partial charge in [-0.05, 0) is 67.7 Å². The Morgan fingerprint density at radius 2 is 1.79 bits per heavy atom. The van der Waals surface area contributed by atoms with Crippen molar-refractivity contribution < 1.29 is 13.2 Å². The number of nitrogens with zero attached hydrogens (tertiary/aromatic N) is 3. The van der Waals surface area contributed by atoms with Crippen LogP contribution in [0.15, 0.2) is 41.6 Å². The van der Waals surface area contributed by atoms with Gasteiger partial charge in [0.25, 0.3) is 0 Å². The zero-order valence-corrected chi connectivity index (χ0v) is 18.1. The summed E-state index contributed by atoms with van der Waals surface area (Å²) in [4.78, 5) is 11.2. The van der Waals surface area contributed by atoms with E-state index in [1.807, 2.05) is 0 Å². The van der Waals surface area contributed by atoms with Gasteiger partial charge in [0.15, 0.2) is 9.84 Å². The van der Waals surface area contributed by atoms with E-state index in [1.165, 1.54) is 25.5 Å². The standard InChI is InChI=1S/C21H26ClN3O3S/c1-29(26,27)19-4-2-18(3-5-19)28-11-8-16-12-20(16)15-6-9-25(10-7-15)21-23-13-17(22)14-24-21/h2-5,13-16,20H,6-12H2,1H3/t16-,20-/m0/s1. The largest absolute Gasteiger partial charge is 0.494 e. The number of hydrogen-bond donors (Lipinski definition) is 0. The molecule has 6 nitrogen and oxygen atoms in total. The molecule has 2 fully saturated rings. The van der Waals surface area contributed by atoms with E-state index in [2.05, 4.69) is 14.9 Å². The van der Waals surface area contributed by atoms with Gasteiger partial charge in [0.05, 0.1) is 28.9 Å². The molecule has 1 aliphatic carbocycles. The Morgan fingerprint density at radius 3 is 2.41 bits per heavy atom. The number of aromatic nitrogens is 2. The Morgan fingerprint density at radius 1 is 1.14 bits per heavy atom. The van der Waals surface area contributed by atoms with E-state index in [1.54, 1.807) is 36.7 Å². The van der Waals surface area contributed by atoms with Gasteiger partial charge in [0.1, 0.15) is 5.75 Å². The van der Waals surface area contributed by atoms with Crippen molar-refractivity contribution in [2.45, 2.75) is 30.6 Å². The quantitative estimate of drug-likeness (QED) is 0.657. The van der Waals surface area contributed by atoms with Crippen LogP contribution < -0.4 is 9.64 Å². The Balaban J connectivity index is 1.18. The summed E-state index contributed by atoms with van der Waals surface area (Å²) < 4.78 is 28.8. The third kappa shape index (κ3) is 5.20. The lowest BCUT2D eigenvalue weighted by Gasteiger charge is -2.32. The summed E-state index contributed by atoms with van der Waals surface area (Å²) >= 11 is 5.87. The van der Waals surface area contributed by atoms with E-state index in [-0.39, 0.29) is 0 Å². The van der Waals surface area contributed by atoms with Gasteiger partial charge in [0, 0.05) is 19.3 Å². The van der Waals surface area contributed by atoms with Gasteiger partial charge >= 0.3 is 0 Å². The van der Waals surface area contributed by atoms with Crippen LogP contribution in [-0.4, -0.2) is 44.3 Å². The highest BCUT2D eigenvalue weighted by Crippen LogP contribution is 2.49. The molecule has 1 saturated heterocycles. The van der Waals surface area contributed by atoms with Crippen molar-refractivity contribution in [2.75, 3.05) is 30.9 Å². The molecule has 0 amide bonds. The molecular formula is C21H26ClN3O3S. The van der Waals surface area contributed by atoms with Gasteiger partial charge in [-0.25, -0.2) is 18.4 Å². The summed E-state index contributed by atoms with van der Waals surface area (Å²) in [6.45, 7) is 2.67. The summed E-state index contributed by atoms with van der Waals surface area (Å²) in [6, 6.07) is 6.66. The number of halogens is 1. The average Bonchev–Trinajstić information content (AvgIpc) is 3.48. The Hall–Kier alpha value is -1.86. The van der Waals surface area contributed by atoms with Crippen LogP contribution in [-0.2, 0) is 9.84 Å². The summed E-state index contributed by atoms with van der Waals surface area (Å²) in [5, 5.41) is 0.568. The molecule has 0 bridgehead atoms. The molecule has 1 aromatic heterocycles. The van der Waals surface area contributed by atoms with Gasteiger partial charge in [-0.3, -0.25) is 0 Å². The van der Waals surface area contributed by atoms with E-state index in [0.29, 0.717) is 16.5 Å². The molecule has 2 heterocycles. The predicted octanol–water partition coefficient (Wildman–Crippen LogP) is 3.86. The normalized spacial score (nSPS) is 22.5. The molecule has 4 rings (SSSR count). The van der Waals surface area contributed by atoms with Crippen LogP contribution in [0.5, 0.6) is 5.75 Å². The highest BCUT2D eigenvalue weighted by atomic mass is 35.5. The van der Waals surface area contributed by atoms with E-state index < -0.39 is 9.84 Å². The first-order valence-electron chi connectivity index (χ1n) is 10.1. The molecule has 2 atom stereocenters. The topological polar surface area (TPSA) is 72.4 Å². The number of sulfone groups is 1. The number of anilines is 1. The zero-order chi connectivity index (χ0) is 20.4. The highest BCUT2D eigenvalue weighted by Gasteiger charge is 2.43. The van der Waals surface area contributed by atoms with E-state index in [4.69, 9.17) is 16.3 Å². The van der Waals surface area contributed by atoms with Crippen LogP contribution in [0.3, 0.4) is 0 Å². The predicted molar refractivity (Wildman–Crippen MR) is 113 cm³/mol. The Kier molecular flexibility index (Phi) is 5.97. The maximum absolute atomic E-state index is 11.5. The molecule has 2 aromatic rings. The van der Waals surface area contributed by atoms with Gasteiger partial charge in [0.2, 0.25) is 5.95 Å². The monoisotopic (exact) mass is 435 g/mol. The van der Waals surface area contributed by atoms with Crippen molar-refractivity contribution in [1.29, 1.82) is 0 Å². The number of rotatable bonds is 7. The molecule has 0 spiro atoms. The van der Waals surface area contributed by atoms with E-state index >= 15 is 0 Å². The maximum Gasteiger partial charge on any atom is 0.225 e. The number of ether oxygens (including phenoxy) is 1. The lowest BCUT2D eigenvalue weighted by Crippen LogP contribution is -2.35. The molecule has 156 valence electrons. The van der Waals surface area contributed by atoms with Crippen LogP contribution in [0, 0.1) is 17.8 Å². The fraction of sp³-hybridized carbons (Fsp3) is 0.524. The second-order valence-corrected chi connectivity index (χ2v) is 10.5. The van der Waals surface area contributed by atoms with E-state index in [0.717, 1.165) is 49.0 Å². The summed E-state index contributed by atoms with van der Waals surface area (Å²) in [5.74, 6) is 3.83. The Bertz CT molecular complexity index is 927. The number of hydrogen-bond acceptors (Lipinski definition) is 6. The lowest BCUT2D eigenvalue weighted by atomic mass is 9.90. The van der Waals surface area contributed by atoms with Crippen LogP contribution in [0.25, 0.3) is 0 Å². The van der Waals surface area contributed by atoms with Crippen LogP contribution in [0.4, 0.5) is 5.95 Å². The molecule has 1 aromatic carbocycles. The third-order valence-corrected chi connectivity index (χ3v) is 7.34. The second-order valence-electron chi connectivity index (χ2n) is 8.07. The van der Waals surface area contributed by atoms with Crippen molar-refractivity contribution in [3.8, 4) is 5.75 Å². The average molecular weight is 436 g/mol. The number of piperidine rings is 1. The second kappa shape index (κ2) is 8.48. The first-order chi connectivity index (χ1) is 13.9. The lowest BCUT2D eigenvalue weighted by molar-refractivity contribution is 0.284. The minimum absolute atomic E-state index is 0.322. The molecular weight excluding hydrogens is 410 g/mol. The summed E-state index contributed by atoms with van der Waals surface area (Å²) in [6.07, 6.45) is 9.23. The van der Waals surface area contributed by atoms with Crippen molar-refractivity contribution in [3.05, 3.63) is 41.7 Å². The third-order valence-electron chi connectivity index (χ3n) is 6.02. The number of benzene rings is 1. The molecule has 29 heavy (non-hydrogen) atoms. The smallest absolute Gasteiger partial charge is 0.225 e. The van der Waals surface area contributed by atoms with Crippen molar-refractivity contribution in [2.24, 2.45) is 17.8 Å². The SMILES string of the molecule is CS(=O)(=O)c1ccc(OCC[C@H]2C[C@H]2C2CCN(c3ncc(Cl)cn3)CC2)cc1. The van der Waals surface area contributed by atoms with Crippen molar-refractivity contribution in [3.63, 3.8) is 0 Å². The fourth-order valence-electron chi connectivity index (χ4n) is 4.29. The van der Waals surface area contributed by atoms with Crippen LogP contribution in [0.1, 0.15) is 25.7 Å². The molecule has 0 radical (unpaired) electrons. The van der Waals surface area contributed by atoms with Crippen LogP contribution in [0.2, 0.25) is 5.02 Å². The van der Waals surface area contributed by atoms with Crippen LogP contribution >= 0.6 is 11.6 Å². The van der Waals surface area contributed by atoms with Gasteiger partial charge in [-0.2, -0.15) is 0 Å². The summed E-state index contributed by atoms with van der Waals surface area (Å²) in [5.41, 5.74) is 0. The molecule has 0 unspecified atom stereocenters. The Labute approximate surface area is 177 Å². The zero-order valence-electron chi connectivity index (χ0n) is 16.5. The molecule has 2 aliphatic rings. The maximum atomic E-state index is 11.5. The highest BCUT2D eigenvalue weighted by molar-refractivity contribution is 7.90. The van der Waals surface area contributed by atoms with Gasteiger partial charge < -0.3 is 9.64 Å². The minimum atomic E-state index is -3.16. The van der Waals surface area contributed by atoms with Gasteiger partial charge in [-0.1, -0.05) is 11.6 Å². The molecule has 8 heteroatoms. The first-order valence-corrected chi connectivity index (χ1v) is 12.3. The molecule has 0 N–H and O–H groups in total. The first kappa shape index (κ1) is 20.4. The minimum Gasteiger partial charge on any atom is -0.494 e. The molecule has 1 saturated carbocycles. The van der Waals surface area contributed by atoms with Gasteiger partial charge in [-0.15, -0.1) is 0 Å². The van der Waals surface area contributed by atoms with Crippen molar-refractivity contribution >= 4 is 27.4 Å². The fourth-order valence-corrected chi connectivity index (χ4v) is 5.02. The summed E-state index contributed by atoms with van der Waals surface area (Å²) in [7, 11) is -3.16. The van der Waals surface area contributed by atoms with Crippen molar-refractivity contribution in [1.82, 2.24) is 9.97 Å². The molecule has 1 aliphatic heterocycles. The van der Waals surface area contributed by atoms with E-state index in [9.17, 15) is 8.42 Å².